The molecule has 11 nitrogen and oxygen atoms in total. The van der Waals surface area contributed by atoms with E-state index >= 15 is 0 Å². The van der Waals surface area contributed by atoms with E-state index in [1.54, 1.807) is 0 Å². The van der Waals surface area contributed by atoms with Gasteiger partial charge in [0.05, 0.1) is 20.8 Å². The summed E-state index contributed by atoms with van der Waals surface area (Å²) < 4.78 is 9.10. The van der Waals surface area contributed by atoms with Crippen molar-refractivity contribution in [1.29, 1.82) is 0 Å². The molecule has 0 amide bonds. The summed E-state index contributed by atoms with van der Waals surface area (Å²) in [6, 6.07) is 1.85. The van der Waals surface area contributed by atoms with Gasteiger partial charge in [-0.3, -0.25) is 4.79 Å². The fraction of sp³-hybridized carbons (Fsp3) is 0.125. The number of nitrogens with zero attached hydrogens (tertiary/aromatic N) is 2. The number of ether oxygens (including phenoxy) is 2. The van der Waals surface area contributed by atoms with Gasteiger partial charge in [-0.25, -0.2) is 14.6 Å². The number of carbonyl (C=O) groups is 2. The number of rotatable bonds is 4. The van der Waals surface area contributed by atoms with Gasteiger partial charge in [-0.05, 0) is 35.9 Å². The van der Waals surface area contributed by atoms with E-state index in [0.29, 0.717) is 0 Å². The normalized spacial score (nSPS) is 9.43. The molecule has 8 N–H and O–H groups in total. The van der Waals surface area contributed by atoms with Gasteiger partial charge in [-0.1, -0.05) is 0 Å². The minimum Gasteiger partial charge on any atom is -0.474 e. The predicted molar refractivity (Wildman–Crippen MR) is 121 cm³/mol. The highest BCUT2D eigenvalue weighted by molar-refractivity contribution is 7.80. The number of aromatic amines is 1. The highest BCUT2D eigenvalue weighted by Gasteiger charge is 2.09. The highest BCUT2D eigenvalue weighted by Crippen LogP contribution is 2.12. The van der Waals surface area contributed by atoms with Gasteiger partial charge < -0.3 is 37.0 Å². The minimum atomic E-state index is -0.636. The van der Waals surface area contributed by atoms with E-state index in [1.165, 1.54) is 38.0 Å². The summed E-state index contributed by atoms with van der Waals surface area (Å²) in [5.74, 6) is -1.00. The van der Waals surface area contributed by atoms with Gasteiger partial charge in [0.25, 0.3) is 5.70 Å². The Morgan fingerprint density at radius 3 is 2.43 bits per heavy atom. The molecular weight excluding hydrogens is 450 g/mol. The SMILES string of the molecule is COC(=O)c1cnc(=S)[nH]c1N.NC(N)=S.[C-]#[N+]/C(=C/Nc1ccsc1)C(=O)OC. The molecule has 2 heterocycles. The average Bonchev–Trinajstić information content (AvgIpc) is 3.21. The van der Waals surface area contributed by atoms with Crippen molar-refractivity contribution in [3.8, 4) is 0 Å². The molecule has 30 heavy (non-hydrogen) atoms. The van der Waals surface area contributed by atoms with Gasteiger partial charge in [0.2, 0.25) is 0 Å². The van der Waals surface area contributed by atoms with E-state index in [-0.39, 0.29) is 27.0 Å². The quantitative estimate of drug-likeness (QED) is 0.191. The smallest absolute Gasteiger partial charge is 0.343 e. The molecule has 0 aliphatic carbocycles. The van der Waals surface area contributed by atoms with E-state index < -0.39 is 11.9 Å². The molecule has 0 unspecified atom stereocenters. The van der Waals surface area contributed by atoms with E-state index in [2.05, 4.69) is 65.5 Å². The maximum atomic E-state index is 11.0. The molecule has 0 aliphatic heterocycles. The van der Waals surface area contributed by atoms with Crippen LogP contribution in [0.2, 0.25) is 0 Å². The van der Waals surface area contributed by atoms with E-state index in [4.69, 9.17) is 12.3 Å². The Balaban J connectivity index is 0.000000481. The van der Waals surface area contributed by atoms with E-state index in [0.717, 1.165) is 5.69 Å². The topological polar surface area (TPSA) is 176 Å². The van der Waals surface area contributed by atoms with E-state index in [1.807, 2.05) is 16.8 Å². The molecule has 14 heteroatoms. The van der Waals surface area contributed by atoms with Crippen LogP contribution in [0, 0.1) is 11.3 Å². The van der Waals surface area contributed by atoms with Crippen LogP contribution < -0.4 is 22.5 Å². The molecule has 0 saturated heterocycles. The molecule has 0 radical (unpaired) electrons. The molecule has 0 atom stereocenters. The number of nitrogens with two attached hydrogens (primary N) is 3. The monoisotopic (exact) mass is 469 g/mol. The molecule has 0 spiro atoms. The number of hydrogen-bond acceptors (Lipinski definition) is 10. The molecule has 0 aromatic carbocycles. The number of methoxy groups -OCH3 is 2. The Hall–Kier alpha value is -3.54. The molecule has 0 saturated carbocycles. The van der Waals surface area contributed by atoms with E-state index in [9.17, 15) is 9.59 Å². The van der Waals surface area contributed by atoms with Crippen molar-refractivity contribution in [3.63, 3.8) is 0 Å². The lowest BCUT2D eigenvalue weighted by molar-refractivity contribution is -0.135. The number of hydrogen-bond donors (Lipinski definition) is 5. The summed E-state index contributed by atoms with van der Waals surface area (Å²) in [4.78, 5) is 31.2. The van der Waals surface area contributed by atoms with Gasteiger partial charge in [-0.2, -0.15) is 11.3 Å². The number of nitrogen functional groups attached to an aromatic ring is 1. The molecular formula is C16H19N7O4S3. The number of carbonyl (C=O) groups excluding carboxylic acids is 2. The number of esters is 2. The minimum absolute atomic E-state index is 0.000000000000000222. The summed E-state index contributed by atoms with van der Waals surface area (Å²) in [5.41, 5.74) is 15.6. The Labute approximate surface area is 186 Å². The van der Waals surface area contributed by atoms with Crippen LogP contribution in [-0.4, -0.2) is 41.2 Å². The second kappa shape index (κ2) is 14.5. The molecule has 0 bridgehead atoms. The molecule has 2 aromatic heterocycles. The predicted octanol–water partition coefficient (Wildman–Crippen LogP) is 1.79. The summed E-state index contributed by atoms with van der Waals surface area (Å²) >= 11 is 10.3. The Morgan fingerprint density at radius 1 is 1.37 bits per heavy atom. The third kappa shape index (κ3) is 10.7. The summed E-state index contributed by atoms with van der Waals surface area (Å²) in [5, 5.41) is 6.59. The summed E-state index contributed by atoms with van der Waals surface area (Å²) in [6.07, 6.45) is 2.61. The van der Waals surface area contributed by atoms with Gasteiger partial charge in [-0.15, -0.1) is 0 Å². The Kier molecular flexibility index (Phi) is 12.8. The van der Waals surface area contributed by atoms with Crippen LogP contribution in [0.5, 0.6) is 0 Å². The van der Waals surface area contributed by atoms with Crippen LogP contribution in [-0.2, 0) is 14.3 Å². The number of H-pyrrole nitrogens is 1. The molecule has 0 aliphatic rings. The van der Waals surface area contributed by atoms with Crippen LogP contribution in [0.1, 0.15) is 10.4 Å². The first-order valence-corrected chi connectivity index (χ1v) is 9.34. The van der Waals surface area contributed by atoms with Gasteiger partial charge in [0, 0.05) is 23.5 Å². The van der Waals surface area contributed by atoms with Crippen LogP contribution in [0.25, 0.3) is 4.85 Å². The van der Waals surface area contributed by atoms with Gasteiger partial charge >= 0.3 is 11.9 Å². The first-order valence-electron chi connectivity index (χ1n) is 7.58. The van der Waals surface area contributed by atoms with Crippen molar-refractivity contribution in [2.75, 3.05) is 25.3 Å². The number of thiophene rings is 1. The zero-order valence-electron chi connectivity index (χ0n) is 15.9. The molecule has 2 rings (SSSR count). The number of thiocarbonyl (C=S) groups is 1. The highest BCUT2D eigenvalue weighted by atomic mass is 32.1. The van der Waals surface area contributed by atoms with Crippen molar-refractivity contribution in [2.45, 2.75) is 0 Å². The standard InChI is InChI=1S/C9H8N2O2S.C6H7N3O2S.CH4N2S/c1-10-8(9(12)13-2)5-11-7-3-4-14-6-7;1-11-5(10)3-2-8-6(12)9-4(3)7;2-1(3)4/h3-6,11H,2H3;2H,1H3,(H3,7,8,9,12);(H4,2,3,4)/b8-5+;;. The fourth-order valence-corrected chi connectivity index (χ4v) is 2.18. The van der Waals surface area contributed by atoms with Crippen molar-refractivity contribution in [2.24, 2.45) is 11.5 Å². The summed E-state index contributed by atoms with van der Waals surface area (Å²) in [6.45, 7) is 6.74. The van der Waals surface area contributed by atoms with Gasteiger partial charge in [0.1, 0.15) is 11.4 Å². The average molecular weight is 470 g/mol. The first-order chi connectivity index (χ1) is 14.2. The zero-order valence-corrected chi connectivity index (χ0v) is 18.3. The van der Waals surface area contributed by atoms with Crippen molar-refractivity contribution in [1.82, 2.24) is 9.97 Å². The number of aromatic nitrogens is 2. The van der Waals surface area contributed by atoms with Crippen molar-refractivity contribution in [3.05, 3.63) is 56.7 Å². The second-order valence-electron chi connectivity index (χ2n) is 4.70. The lowest BCUT2D eigenvalue weighted by Gasteiger charge is -2.00. The van der Waals surface area contributed by atoms with Crippen LogP contribution in [0.4, 0.5) is 11.5 Å². The zero-order chi connectivity index (χ0) is 23.1. The maximum Gasteiger partial charge on any atom is 0.343 e. The summed E-state index contributed by atoms with van der Waals surface area (Å²) in [7, 11) is 2.51. The van der Waals surface area contributed by atoms with Crippen LogP contribution in [0.3, 0.4) is 0 Å². The maximum absolute atomic E-state index is 11.0. The first kappa shape index (κ1) is 26.5. The Bertz CT molecular complexity index is 977. The molecule has 0 fully saturated rings. The lowest BCUT2D eigenvalue weighted by atomic mass is 10.3. The second-order valence-corrected chi connectivity index (χ2v) is 6.34. The van der Waals surface area contributed by atoms with Crippen molar-refractivity contribution < 1.29 is 19.1 Å². The van der Waals surface area contributed by atoms with Crippen molar-refractivity contribution >= 4 is 64.3 Å². The third-order valence-corrected chi connectivity index (χ3v) is 3.55. The molecule has 2 aromatic rings. The van der Waals surface area contributed by atoms with Crippen LogP contribution >= 0.6 is 35.8 Å². The fourth-order valence-electron chi connectivity index (χ4n) is 1.42. The number of anilines is 2. The largest absolute Gasteiger partial charge is 0.474 e. The lowest BCUT2D eigenvalue weighted by Crippen LogP contribution is -2.18. The Morgan fingerprint density at radius 2 is 2.00 bits per heavy atom. The third-order valence-electron chi connectivity index (χ3n) is 2.66. The van der Waals surface area contributed by atoms with Gasteiger partial charge in [0.15, 0.2) is 9.88 Å². The number of nitrogens with one attached hydrogen (secondary N) is 2. The molecule has 160 valence electrons. The van der Waals surface area contributed by atoms with Crippen LogP contribution in [0.15, 0.2) is 34.9 Å².